The molecule has 4 nitrogen and oxygen atoms in total. The van der Waals surface area contributed by atoms with Crippen LogP contribution in [0.5, 0.6) is 0 Å². The van der Waals surface area contributed by atoms with Crippen molar-refractivity contribution in [2.24, 2.45) is 0 Å². The van der Waals surface area contributed by atoms with E-state index in [-0.39, 0.29) is 0 Å². The van der Waals surface area contributed by atoms with Crippen molar-refractivity contribution in [1.82, 2.24) is 0 Å². The van der Waals surface area contributed by atoms with Gasteiger partial charge in [-0.3, -0.25) is 9.59 Å². The SMILES string of the molecule is O=C(CO)C(=O)CO. The van der Waals surface area contributed by atoms with E-state index in [2.05, 4.69) is 0 Å². The van der Waals surface area contributed by atoms with E-state index in [0.29, 0.717) is 0 Å². The summed E-state index contributed by atoms with van der Waals surface area (Å²) in [6.07, 6.45) is 0. The van der Waals surface area contributed by atoms with Crippen LogP contribution < -0.4 is 0 Å². The lowest BCUT2D eigenvalue weighted by atomic mass is 10.3. The first kappa shape index (κ1) is 7.26. The summed E-state index contributed by atoms with van der Waals surface area (Å²) in [5, 5.41) is 15.9. The average Bonchev–Trinajstić information content (AvgIpc) is 1.84. The van der Waals surface area contributed by atoms with Crippen LogP contribution in [0.25, 0.3) is 0 Å². The van der Waals surface area contributed by atoms with Crippen molar-refractivity contribution >= 4 is 11.6 Å². The minimum atomic E-state index is -0.951. The number of hydrogen-bond acceptors (Lipinski definition) is 4. The normalized spacial score (nSPS) is 8.75. The molecule has 0 atom stereocenters. The molecule has 0 saturated heterocycles. The fourth-order valence-electron chi connectivity index (χ4n) is 0.176. The maximum Gasteiger partial charge on any atom is 0.226 e. The van der Waals surface area contributed by atoms with Crippen molar-refractivity contribution < 1.29 is 19.8 Å². The first-order valence-electron chi connectivity index (χ1n) is 2.00. The Morgan fingerprint density at radius 3 is 1.38 bits per heavy atom. The van der Waals surface area contributed by atoms with Crippen LogP contribution in [-0.4, -0.2) is 35.0 Å². The third-order valence-corrected chi connectivity index (χ3v) is 0.598. The highest BCUT2D eigenvalue weighted by Gasteiger charge is 2.08. The molecule has 0 heterocycles. The van der Waals surface area contributed by atoms with E-state index in [1.807, 2.05) is 0 Å². The molecule has 0 amide bonds. The number of hydrogen-bond donors (Lipinski definition) is 2. The Bertz CT molecular complexity index is 92.6. The fraction of sp³-hybridized carbons (Fsp3) is 0.500. The first-order chi connectivity index (χ1) is 3.72. The molecule has 0 aromatic rings. The molecule has 8 heavy (non-hydrogen) atoms. The van der Waals surface area contributed by atoms with Crippen LogP contribution in [0.4, 0.5) is 0 Å². The molecule has 0 unspecified atom stereocenters. The summed E-state index contributed by atoms with van der Waals surface area (Å²) < 4.78 is 0. The molecule has 0 rings (SSSR count). The van der Waals surface area contributed by atoms with Crippen LogP contribution in [0.2, 0.25) is 0 Å². The Balaban J connectivity index is 3.64. The number of carbonyl (C=O) groups is 2. The van der Waals surface area contributed by atoms with Crippen molar-refractivity contribution in [3.8, 4) is 0 Å². The summed E-state index contributed by atoms with van der Waals surface area (Å²) in [5.41, 5.74) is 0. The zero-order chi connectivity index (χ0) is 6.57. The van der Waals surface area contributed by atoms with Crippen molar-refractivity contribution in [3.63, 3.8) is 0 Å². The lowest BCUT2D eigenvalue weighted by molar-refractivity contribution is -0.139. The quantitative estimate of drug-likeness (QED) is 0.425. The molecule has 0 aliphatic rings. The third kappa shape index (κ3) is 1.81. The van der Waals surface area contributed by atoms with Gasteiger partial charge >= 0.3 is 0 Å². The standard InChI is InChI=1S/C4H6O4/c5-1-3(7)4(8)2-6/h5-6H,1-2H2. The molecule has 0 fully saturated rings. The molecule has 2 N–H and O–H groups in total. The molecule has 0 saturated carbocycles. The summed E-state index contributed by atoms with van der Waals surface area (Å²) in [4.78, 5) is 20.0. The molecule has 0 spiro atoms. The van der Waals surface area contributed by atoms with Crippen LogP contribution in [0.3, 0.4) is 0 Å². The van der Waals surface area contributed by atoms with Crippen molar-refractivity contribution in [2.45, 2.75) is 0 Å². The van der Waals surface area contributed by atoms with Crippen molar-refractivity contribution in [2.75, 3.05) is 13.2 Å². The zero-order valence-corrected chi connectivity index (χ0v) is 4.13. The molecular formula is C4H6O4. The Hall–Kier alpha value is -0.740. The summed E-state index contributed by atoms with van der Waals surface area (Å²) in [6, 6.07) is 0. The average molecular weight is 118 g/mol. The van der Waals surface area contributed by atoms with E-state index >= 15 is 0 Å². The Morgan fingerprint density at radius 2 is 1.25 bits per heavy atom. The number of rotatable bonds is 3. The minimum Gasteiger partial charge on any atom is -0.388 e. The van der Waals surface area contributed by atoms with Crippen LogP contribution >= 0.6 is 0 Å². The van der Waals surface area contributed by atoms with Crippen LogP contribution in [0.1, 0.15) is 0 Å². The third-order valence-electron chi connectivity index (χ3n) is 0.598. The molecule has 4 heteroatoms. The Labute approximate surface area is 45.7 Å². The minimum absolute atomic E-state index is 0.820. The molecule has 0 radical (unpaired) electrons. The van der Waals surface area contributed by atoms with Gasteiger partial charge in [-0.1, -0.05) is 0 Å². The van der Waals surface area contributed by atoms with Gasteiger partial charge in [-0.05, 0) is 0 Å². The number of Topliss-reactive ketones (excluding diaryl/α,β-unsaturated/α-hetero) is 2. The van der Waals surface area contributed by atoms with E-state index in [1.165, 1.54) is 0 Å². The van der Waals surface area contributed by atoms with Crippen LogP contribution in [0, 0.1) is 0 Å². The van der Waals surface area contributed by atoms with E-state index < -0.39 is 24.8 Å². The van der Waals surface area contributed by atoms with Crippen LogP contribution in [-0.2, 0) is 9.59 Å². The summed E-state index contributed by atoms with van der Waals surface area (Å²) in [6.45, 7) is -1.64. The topological polar surface area (TPSA) is 74.6 Å². The predicted octanol–water partition coefficient (Wildman–Crippen LogP) is -1.89. The van der Waals surface area contributed by atoms with Crippen molar-refractivity contribution in [1.29, 1.82) is 0 Å². The number of ketones is 2. The van der Waals surface area contributed by atoms with E-state index in [1.54, 1.807) is 0 Å². The lowest BCUT2D eigenvalue weighted by Crippen LogP contribution is -2.20. The van der Waals surface area contributed by atoms with Gasteiger partial charge in [-0.25, -0.2) is 0 Å². The molecule has 0 aromatic carbocycles. The monoisotopic (exact) mass is 118 g/mol. The van der Waals surface area contributed by atoms with Crippen molar-refractivity contribution in [3.05, 3.63) is 0 Å². The molecule has 0 aromatic heterocycles. The second kappa shape index (κ2) is 3.29. The van der Waals surface area contributed by atoms with Gasteiger partial charge in [0.05, 0.1) is 0 Å². The second-order valence-electron chi connectivity index (χ2n) is 1.16. The highest BCUT2D eigenvalue weighted by molar-refractivity contribution is 6.38. The van der Waals surface area contributed by atoms with E-state index in [0.717, 1.165) is 0 Å². The fourth-order valence-corrected chi connectivity index (χ4v) is 0.176. The molecule has 46 valence electrons. The number of aliphatic hydroxyl groups excluding tert-OH is 2. The first-order valence-corrected chi connectivity index (χ1v) is 2.00. The number of carbonyl (C=O) groups excluding carboxylic acids is 2. The van der Waals surface area contributed by atoms with Gasteiger partial charge in [0.25, 0.3) is 0 Å². The molecule has 0 aliphatic carbocycles. The Morgan fingerprint density at radius 1 is 1.00 bits per heavy atom. The zero-order valence-electron chi connectivity index (χ0n) is 4.13. The largest absolute Gasteiger partial charge is 0.388 e. The Kier molecular flexibility index (Phi) is 2.98. The van der Waals surface area contributed by atoms with Gasteiger partial charge in [0, 0.05) is 0 Å². The van der Waals surface area contributed by atoms with E-state index in [4.69, 9.17) is 10.2 Å². The van der Waals surface area contributed by atoms with Crippen LogP contribution in [0.15, 0.2) is 0 Å². The lowest BCUT2D eigenvalue weighted by Gasteiger charge is -1.86. The molecular weight excluding hydrogens is 112 g/mol. The van der Waals surface area contributed by atoms with Gasteiger partial charge < -0.3 is 10.2 Å². The highest BCUT2D eigenvalue weighted by atomic mass is 16.3. The summed E-state index contributed by atoms with van der Waals surface area (Å²) >= 11 is 0. The van der Waals surface area contributed by atoms with Gasteiger partial charge in [-0.2, -0.15) is 0 Å². The summed E-state index contributed by atoms with van der Waals surface area (Å²) in [5.74, 6) is -1.90. The molecule has 0 bridgehead atoms. The van der Waals surface area contributed by atoms with E-state index in [9.17, 15) is 9.59 Å². The maximum atomic E-state index is 9.98. The second-order valence-corrected chi connectivity index (χ2v) is 1.16. The van der Waals surface area contributed by atoms with Gasteiger partial charge in [-0.15, -0.1) is 0 Å². The van der Waals surface area contributed by atoms with Gasteiger partial charge in [0.15, 0.2) is 0 Å². The highest BCUT2D eigenvalue weighted by Crippen LogP contribution is 1.71. The predicted molar refractivity (Wildman–Crippen MR) is 24.2 cm³/mol. The molecule has 0 aliphatic heterocycles. The van der Waals surface area contributed by atoms with Gasteiger partial charge in [0.1, 0.15) is 13.2 Å². The maximum absolute atomic E-state index is 9.98. The smallest absolute Gasteiger partial charge is 0.226 e. The number of aliphatic hydroxyl groups is 2. The summed E-state index contributed by atoms with van der Waals surface area (Å²) in [7, 11) is 0. The van der Waals surface area contributed by atoms with Gasteiger partial charge in [0.2, 0.25) is 11.6 Å².